The monoisotopic (exact) mass is 270 g/mol. The van der Waals surface area contributed by atoms with Gasteiger partial charge in [-0.1, -0.05) is 53.8 Å². The van der Waals surface area contributed by atoms with Gasteiger partial charge in [-0.25, -0.2) is 4.79 Å². The lowest BCUT2D eigenvalue weighted by atomic mass is 9.93. The van der Waals surface area contributed by atoms with Crippen molar-refractivity contribution in [3.05, 3.63) is 58.6 Å². The summed E-state index contributed by atoms with van der Waals surface area (Å²) >= 11 is 6.00. The molecule has 2 aromatic carbocycles. The summed E-state index contributed by atoms with van der Waals surface area (Å²) in [6.07, 6.45) is 0.477. The molecule has 2 radical (unpaired) electrons. The molecule has 0 heterocycles. The van der Waals surface area contributed by atoms with E-state index in [0.29, 0.717) is 16.9 Å². The van der Waals surface area contributed by atoms with Crippen LogP contribution in [0.1, 0.15) is 15.9 Å². The molecular formula is C15H12BClO2. The average Bonchev–Trinajstić information content (AvgIpc) is 2.47. The van der Waals surface area contributed by atoms with Crippen molar-refractivity contribution in [2.75, 3.05) is 7.11 Å². The smallest absolute Gasteiger partial charge is 0.339 e. The highest BCUT2D eigenvalue weighted by atomic mass is 35.5. The minimum atomic E-state index is -0.443. The molecule has 2 nitrogen and oxygen atoms in total. The Balaban J connectivity index is 2.48. The fraction of sp³-hybridized carbons (Fsp3) is 0.133. The van der Waals surface area contributed by atoms with Crippen LogP contribution < -0.4 is 0 Å². The molecule has 0 fully saturated rings. The van der Waals surface area contributed by atoms with Crippen LogP contribution in [-0.2, 0) is 11.1 Å². The largest absolute Gasteiger partial charge is 0.465 e. The molecule has 0 amide bonds. The van der Waals surface area contributed by atoms with E-state index in [1.165, 1.54) is 7.11 Å². The second kappa shape index (κ2) is 5.94. The van der Waals surface area contributed by atoms with Crippen molar-refractivity contribution in [2.45, 2.75) is 6.32 Å². The van der Waals surface area contributed by atoms with Crippen molar-refractivity contribution in [3.63, 3.8) is 0 Å². The summed E-state index contributed by atoms with van der Waals surface area (Å²) in [5.74, 6) is -0.443. The first kappa shape index (κ1) is 13.7. The normalized spacial score (nSPS) is 10.2. The predicted octanol–water partition coefficient (Wildman–Crippen LogP) is 3.46. The van der Waals surface area contributed by atoms with Gasteiger partial charge in [0.15, 0.2) is 0 Å². The number of ether oxygens (including phenoxy) is 1. The van der Waals surface area contributed by atoms with E-state index in [1.807, 2.05) is 30.3 Å². The summed E-state index contributed by atoms with van der Waals surface area (Å²) in [6, 6.07) is 13.1. The fourth-order valence-corrected chi connectivity index (χ4v) is 2.04. The van der Waals surface area contributed by atoms with E-state index in [-0.39, 0.29) is 0 Å². The minimum absolute atomic E-state index is 0.361. The topological polar surface area (TPSA) is 26.3 Å². The lowest BCUT2D eigenvalue weighted by molar-refractivity contribution is 0.0601. The number of carbonyl (C=O) groups excluding carboxylic acids is 1. The van der Waals surface area contributed by atoms with Crippen molar-refractivity contribution >= 4 is 25.4 Å². The number of rotatable bonds is 3. The van der Waals surface area contributed by atoms with Gasteiger partial charge >= 0.3 is 5.97 Å². The maximum atomic E-state index is 11.6. The second-order valence-electron chi connectivity index (χ2n) is 4.09. The van der Waals surface area contributed by atoms with Gasteiger partial charge < -0.3 is 4.74 Å². The zero-order chi connectivity index (χ0) is 13.8. The Bertz CT molecular complexity index is 611. The standard InChI is InChI=1S/C15H12BClO2/c1-19-15(18)13-8-12(5-6-14(13)17)11-4-2-3-10(7-11)9-16/h2-8H,9H2,1H3. The van der Waals surface area contributed by atoms with Crippen molar-refractivity contribution in [3.8, 4) is 11.1 Å². The molecule has 2 rings (SSSR count). The molecule has 2 aromatic rings. The molecule has 0 aliphatic carbocycles. The fourth-order valence-electron chi connectivity index (χ4n) is 1.85. The van der Waals surface area contributed by atoms with Crippen LogP contribution in [0.25, 0.3) is 11.1 Å². The van der Waals surface area contributed by atoms with Crippen LogP contribution in [-0.4, -0.2) is 20.9 Å². The predicted molar refractivity (Wildman–Crippen MR) is 77.7 cm³/mol. The maximum absolute atomic E-state index is 11.6. The highest BCUT2D eigenvalue weighted by Crippen LogP contribution is 2.26. The zero-order valence-corrected chi connectivity index (χ0v) is 11.3. The maximum Gasteiger partial charge on any atom is 0.339 e. The van der Waals surface area contributed by atoms with E-state index in [1.54, 1.807) is 12.1 Å². The molecule has 0 spiro atoms. The number of carbonyl (C=O) groups is 1. The van der Waals surface area contributed by atoms with Gasteiger partial charge in [-0.3, -0.25) is 0 Å². The highest BCUT2D eigenvalue weighted by Gasteiger charge is 2.12. The molecule has 0 bridgehead atoms. The summed E-state index contributed by atoms with van der Waals surface area (Å²) in [7, 11) is 6.96. The number of halogens is 1. The lowest BCUT2D eigenvalue weighted by Gasteiger charge is -2.07. The lowest BCUT2D eigenvalue weighted by Crippen LogP contribution is -2.02. The van der Waals surface area contributed by atoms with E-state index in [4.69, 9.17) is 24.2 Å². The first-order valence-electron chi connectivity index (χ1n) is 5.83. The van der Waals surface area contributed by atoms with Gasteiger partial charge in [0.1, 0.15) is 0 Å². The number of hydrogen-bond acceptors (Lipinski definition) is 2. The van der Waals surface area contributed by atoms with Crippen molar-refractivity contribution in [2.24, 2.45) is 0 Å². The SMILES string of the molecule is [B]Cc1cccc(-c2ccc(Cl)c(C(=O)OC)c2)c1. The van der Waals surface area contributed by atoms with E-state index in [9.17, 15) is 4.79 Å². The van der Waals surface area contributed by atoms with Crippen LogP contribution in [0.4, 0.5) is 0 Å². The molecule has 0 saturated heterocycles. The third-order valence-electron chi connectivity index (χ3n) is 2.87. The molecule has 0 N–H and O–H groups in total. The molecule has 0 unspecified atom stereocenters. The molecule has 19 heavy (non-hydrogen) atoms. The van der Waals surface area contributed by atoms with Gasteiger partial charge in [-0.2, -0.15) is 0 Å². The molecular weight excluding hydrogens is 258 g/mol. The van der Waals surface area contributed by atoms with E-state index < -0.39 is 5.97 Å². The van der Waals surface area contributed by atoms with Gasteiger partial charge in [-0.05, 0) is 23.3 Å². The van der Waals surface area contributed by atoms with Gasteiger partial charge in [0, 0.05) is 0 Å². The summed E-state index contributed by atoms with van der Waals surface area (Å²) in [5.41, 5.74) is 3.29. The third kappa shape index (κ3) is 2.99. The Morgan fingerprint density at radius 3 is 2.63 bits per heavy atom. The average molecular weight is 271 g/mol. The van der Waals surface area contributed by atoms with Crippen LogP contribution in [0.5, 0.6) is 0 Å². The molecule has 0 aromatic heterocycles. The number of methoxy groups -OCH3 is 1. The molecule has 0 atom stereocenters. The van der Waals surface area contributed by atoms with Crippen molar-refractivity contribution < 1.29 is 9.53 Å². The quantitative estimate of drug-likeness (QED) is 0.631. The van der Waals surface area contributed by atoms with Gasteiger partial charge in [-0.15, -0.1) is 0 Å². The summed E-state index contributed by atoms with van der Waals surface area (Å²) in [5, 5.41) is 0.380. The summed E-state index contributed by atoms with van der Waals surface area (Å²) < 4.78 is 4.71. The van der Waals surface area contributed by atoms with Crippen molar-refractivity contribution in [1.82, 2.24) is 0 Å². The molecule has 0 saturated carbocycles. The van der Waals surface area contributed by atoms with Crippen LogP contribution >= 0.6 is 11.6 Å². The summed E-state index contributed by atoms with van der Waals surface area (Å²) in [6.45, 7) is 0. The number of hydrogen-bond donors (Lipinski definition) is 0. The first-order chi connectivity index (χ1) is 9.15. The first-order valence-corrected chi connectivity index (χ1v) is 6.20. The van der Waals surface area contributed by atoms with E-state index >= 15 is 0 Å². The van der Waals surface area contributed by atoms with Crippen LogP contribution in [0.3, 0.4) is 0 Å². The zero-order valence-electron chi connectivity index (χ0n) is 10.5. The molecule has 94 valence electrons. The molecule has 0 aliphatic rings. The Morgan fingerprint density at radius 1 is 1.21 bits per heavy atom. The second-order valence-corrected chi connectivity index (χ2v) is 4.50. The minimum Gasteiger partial charge on any atom is -0.465 e. The Hall–Kier alpha value is -1.74. The Kier molecular flexibility index (Phi) is 4.28. The van der Waals surface area contributed by atoms with Crippen molar-refractivity contribution in [1.29, 1.82) is 0 Å². The number of benzene rings is 2. The van der Waals surface area contributed by atoms with Gasteiger partial charge in [0.05, 0.1) is 25.5 Å². The van der Waals surface area contributed by atoms with Crippen LogP contribution in [0, 0.1) is 0 Å². The highest BCUT2D eigenvalue weighted by molar-refractivity contribution is 6.33. The van der Waals surface area contributed by atoms with Gasteiger partial charge in [0.25, 0.3) is 0 Å². The van der Waals surface area contributed by atoms with E-state index in [2.05, 4.69) is 0 Å². The number of esters is 1. The molecule has 0 aliphatic heterocycles. The molecule has 4 heteroatoms. The van der Waals surface area contributed by atoms with Gasteiger partial charge in [0.2, 0.25) is 0 Å². The summed E-state index contributed by atoms with van der Waals surface area (Å²) in [4.78, 5) is 11.6. The van der Waals surface area contributed by atoms with E-state index in [0.717, 1.165) is 16.7 Å². The van der Waals surface area contributed by atoms with Crippen LogP contribution in [0.15, 0.2) is 42.5 Å². The Morgan fingerprint density at radius 2 is 1.95 bits per heavy atom. The Labute approximate surface area is 118 Å². The third-order valence-corrected chi connectivity index (χ3v) is 3.20. The van der Waals surface area contributed by atoms with Crippen LogP contribution in [0.2, 0.25) is 5.02 Å².